The topological polar surface area (TPSA) is 61.0 Å². The normalized spacial score (nSPS) is 15.5. The molecule has 0 unspecified atom stereocenters. The van der Waals surface area contributed by atoms with Crippen molar-refractivity contribution in [2.24, 2.45) is 0 Å². The van der Waals surface area contributed by atoms with Crippen LogP contribution in [0.15, 0.2) is 28.7 Å². The van der Waals surface area contributed by atoms with Gasteiger partial charge in [-0.15, -0.1) is 0 Å². The number of nitro groups is 1. The number of aromatic nitrogens is 2. The highest BCUT2D eigenvalue weighted by Crippen LogP contribution is 2.41. The van der Waals surface area contributed by atoms with Crippen LogP contribution in [0.4, 0.5) is 5.69 Å². The lowest BCUT2D eigenvalue weighted by Gasteiger charge is -2.04. The summed E-state index contributed by atoms with van der Waals surface area (Å²) < 4.78 is 2.39. The number of halogens is 2. The highest BCUT2D eigenvalue weighted by molar-refractivity contribution is 9.10. The van der Waals surface area contributed by atoms with Crippen molar-refractivity contribution in [3.63, 3.8) is 0 Å². The van der Waals surface area contributed by atoms with Crippen LogP contribution in [0.25, 0.3) is 5.69 Å². The summed E-state index contributed by atoms with van der Waals surface area (Å²) in [5, 5.41) is 15.9. The summed E-state index contributed by atoms with van der Waals surface area (Å²) in [4.78, 5) is 10.9. The molecule has 110 valence electrons. The zero-order chi connectivity index (χ0) is 15.0. The maximum absolute atomic E-state index is 11.4. The molecule has 5 nitrogen and oxygen atoms in total. The molecule has 0 N–H and O–H groups in total. The van der Waals surface area contributed by atoms with Crippen LogP contribution in [0, 0.1) is 10.1 Å². The van der Waals surface area contributed by atoms with Crippen molar-refractivity contribution >= 4 is 33.2 Å². The van der Waals surface area contributed by atoms with E-state index in [1.165, 1.54) is 4.68 Å². The van der Waals surface area contributed by atoms with Gasteiger partial charge < -0.3 is 0 Å². The Morgan fingerprint density at radius 3 is 2.48 bits per heavy atom. The second kappa shape index (κ2) is 5.77. The molecule has 21 heavy (non-hydrogen) atoms. The predicted octanol–water partition coefficient (Wildman–Crippen LogP) is 4.85. The van der Waals surface area contributed by atoms with E-state index in [-0.39, 0.29) is 16.8 Å². The van der Waals surface area contributed by atoms with Crippen molar-refractivity contribution < 1.29 is 4.92 Å². The third-order valence-electron chi connectivity index (χ3n) is 3.83. The summed E-state index contributed by atoms with van der Waals surface area (Å²) >= 11 is 9.59. The van der Waals surface area contributed by atoms with Gasteiger partial charge in [0.1, 0.15) is 5.69 Å². The van der Waals surface area contributed by atoms with Crippen molar-refractivity contribution in [1.82, 2.24) is 9.78 Å². The van der Waals surface area contributed by atoms with Gasteiger partial charge in [0.2, 0.25) is 5.15 Å². The van der Waals surface area contributed by atoms with Gasteiger partial charge in [-0.2, -0.15) is 5.10 Å². The molecule has 1 aromatic carbocycles. The first kappa shape index (κ1) is 14.5. The quantitative estimate of drug-likeness (QED) is 0.573. The van der Waals surface area contributed by atoms with E-state index in [1.807, 2.05) is 24.3 Å². The molecule has 0 aliphatic heterocycles. The second-order valence-electron chi connectivity index (χ2n) is 5.15. The largest absolute Gasteiger partial charge is 0.329 e. The lowest BCUT2D eigenvalue weighted by Crippen LogP contribution is -2.00. The SMILES string of the molecule is O=[N+]([O-])c1c(C2CCCC2)nn(-c2ccc(Br)cc2)c1Cl. The number of rotatable bonds is 3. The molecular weight excluding hydrogens is 358 g/mol. The van der Waals surface area contributed by atoms with E-state index in [0.717, 1.165) is 35.8 Å². The maximum Gasteiger partial charge on any atom is 0.329 e. The first-order valence-electron chi connectivity index (χ1n) is 6.76. The fraction of sp³-hybridized carbons (Fsp3) is 0.357. The summed E-state index contributed by atoms with van der Waals surface area (Å²) in [5.41, 5.74) is 1.19. The van der Waals surface area contributed by atoms with Crippen molar-refractivity contribution in [2.45, 2.75) is 31.6 Å². The highest BCUT2D eigenvalue weighted by atomic mass is 79.9. The van der Waals surface area contributed by atoms with Gasteiger partial charge in [0, 0.05) is 10.4 Å². The molecule has 1 saturated carbocycles. The van der Waals surface area contributed by atoms with Gasteiger partial charge in [-0.3, -0.25) is 10.1 Å². The monoisotopic (exact) mass is 369 g/mol. The van der Waals surface area contributed by atoms with Crippen LogP contribution < -0.4 is 0 Å². The molecule has 0 bridgehead atoms. The Labute approximate surface area is 135 Å². The number of nitrogens with zero attached hydrogens (tertiary/aromatic N) is 3. The third-order valence-corrected chi connectivity index (χ3v) is 4.70. The molecule has 0 radical (unpaired) electrons. The van der Waals surface area contributed by atoms with Gasteiger partial charge in [-0.1, -0.05) is 40.4 Å². The van der Waals surface area contributed by atoms with E-state index in [0.29, 0.717) is 5.69 Å². The number of hydrogen-bond acceptors (Lipinski definition) is 3. The fourth-order valence-corrected chi connectivity index (χ4v) is 3.37. The van der Waals surface area contributed by atoms with Gasteiger partial charge >= 0.3 is 5.69 Å². The second-order valence-corrected chi connectivity index (χ2v) is 6.43. The molecule has 1 aliphatic rings. The first-order chi connectivity index (χ1) is 10.1. The minimum Gasteiger partial charge on any atom is -0.258 e. The van der Waals surface area contributed by atoms with E-state index in [1.54, 1.807) is 0 Å². The van der Waals surface area contributed by atoms with E-state index >= 15 is 0 Å². The summed E-state index contributed by atoms with van der Waals surface area (Å²) in [7, 11) is 0. The van der Waals surface area contributed by atoms with E-state index in [4.69, 9.17) is 11.6 Å². The van der Waals surface area contributed by atoms with E-state index in [2.05, 4.69) is 21.0 Å². The van der Waals surface area contributed by atoms with Crippen LogP contribution in [0.1, 0.15) is 37.3 Å². The van der Waals surface area contributed by atoms with Gasteiger partial charge in [-0.05, 0) is 37.1 Å². The van der Waals surface area contributed by atoms with Crippen LogP contribution in [0.2, 0.25) is 5.15 Å². The van der Waals surface area contributed by atoms with Gasteiger partial charge in [-0.25, -0.2) is 4.68 Å². The van der Waals surface area contributed by atoms with E-state index in [9.17, 15) is 10.1 Å². The van der Waals surface area contributed by atoms with Crippen molar-refractivity contribution in [1.29, 1.82) is 0 Å². The Morgan fingerprint density at radius 2 is 1.90 bits per heavy atom. The standard InChI is InChI=1S/C14H13BrClN3O2/c15-10-5-7-11(8-6-10)18-14(16)13(19(20)21)12(17-18)9-3-1-2-4-9/h5-9H,1-4H2. The first-order valence-corrected chi connectivity index (χ1v) is 7.94. The molecule has 1 aromatic heterocycles. The Bertz CT molecular complexity index is 678. The van der Waals surface area contributed by atoms with Crippen LogP contribution in [0.3, 0.4) is 0 Å². The number of benzene rings is 1. The van der Waals surface area contributed by atoms with Crippen molar-refractivity contribution in [3.8, 4) is 5.69 Å². The summed E-state index contributed by atoms with van der Waals surface area (Å²) in [5.74, 6) is 0.139. The Kier molecular flexibility index (Phi) is 3.99. The van der Waals surface area contributed by atoms with Crippen LogP contribution in [0.5, 0.6) is 0 Å². The zero-order valence-electron chi connectivity index (χ0n) is 11.1. The lowest BCUT2D eigenvalue weighted by molar-refractivity contribution is -0.385. The van der Waals surface area contributed by atoms with Gasteiger partial charge in [0.25, 0.3) is 0 Å². The van der Waals surface area contributed by atoms with E-state index < -0.39 is 4.92 Å². The average molecular weight is 371 g/mol. The molecule has 0 amide bonds. The van der Waals surface area contributed by atoms with Gasteiger partial charge in [0.05, 0.1) is 10.6 Å². The van der Waals surface area contributed by atoms with Crippen molar-refractivity contribution in [3.05, 3.63) is 49.7 Å². The van der Waals surface area contributed by atoms with Crippen LogP contribution in [-0.2, 0) is 0 Å². The average Bonchev–Trinajstić information content (AvgIpc) is 3.07. The highest BCUT2D eigenvalue weighted by Gasteiger charge is 2.33. The molecule has 3 rings (SSSR count). The van der Waals surface area contributed by atoms with Crippen LogP contribution >= 0.6 is 27.5 Å². The smallest absolute Gasteiger partial charge is 0.258 e. The molecule has 1 aliphatic carbocycles. The summed E-state index contributed by atoms with van der Waals surface area (Å²) in [6, 6.07) is 7.36. The van der Waals surface area contributed by atoms with Crippen LogP contribution in [-0.4, -0.2) is 14.7 Å². The molecule has 1 heterocycles. The summed E-state index contributed by atoms with van der Waals surface area (Å²) in [6.45, 7) is 0. The predicted molar refractivity (Wildman–Crippen MR) is 84.1 cm³/mol. The van der Waals surface area contributed by atoms with Crippen molar-refractivity contribution in [2.75, 3.05) is 0 Å². The molecule has 0 spiro atoms. The lowest BCUT2D eigenvalue weighted by atomic mass is 10.0. The minimum atomic E-state index is -0.418. The molecular formula is C14H13BrClN3O2. The Hall–Kier alpha value is -1.40. The molecule has 1 fully saturated rings. The van der Waals surface area contributed by atoms with Gasteiger partial charge in [0.15, 0.2) is 0 Å². The third kappa shape index (κ3) is 2.70. The summed E-state index contributed by atoms with van der Waals surface area (Å²) in [6.07, 6.45) is 4.05. The maximum atomic E-state index is 11.4. The fourth-order valence-electron chi connectivity index (χ4n) is 2.80. The zero-order valence-corrected chi connectivity index (χ0v) is 13.5. The Balaban J connectivity index is 2.11. The number of hydrogen-bond donors (Lipinski definition) is 0. The Morgan fingerprint density at radius 1 is 1.29 bits per heavy atom. The molecule has 0 atom stereocenters. The molecule has 2 aromatic rings. The molecule has 0 saturated heterocycles. The minimum absolute atomic E-state index is 0.0496. The molecule has 7 heteroatoms.